The Labute approximate surface area is 205 Å². The number of nitrogens with zero attached hydrogens (tertiary/aromatic N) is 6. The molecule has 0 bridgehead atoms. The van der Waals surface area contributed by atoms with Crippen molar-refractivity contribution in [2.24, 2.45) is 17.6 Å². The number of primary amides is 1. The number of piperidine rings is 1. The van der Waals surface area contributed by atoms with Crippen LogP contribution in [0.25, 0.3) is 0 Å². The minimum atomic E-state index is -4.62. The fourth-order valence-corrected chi connectivity index (χ4v) is 5.15. The Bertz CT molecular complexity index is 1060. The molecular weight excluding hydrogens is 482 g/mol. The number of benzene rings is 1. The Morgan fingerprint density at radius 3 is 2.33 bits per heavy atom. The highest BCUT2D eigenvalue weighted by atomic mass is 19.4. The van der Waals surface area contributed by atoms with Crippen molar-refractivity contribution in [3.63, 3.8) is 0 Å². The number of anilines is 1. The Kier molecular flexibility index (Phi) is 7.74. The Hall–Kier alpha value is -3.25. The maximum absolute atomic E-state index is 14.2. The van der Waals surface area contributed by atoms with Crippen molar-refractivity contribution in [2.45, 2.75) is 57.3 Å². The van der Waals surface area contributed by atoms with Crippen LogP contribution in [0.2, 0.25) is 0 Å². The molecule has 2 N–H and O–H groups in total. The second-order valence-corrected chi connectivity index (χ2v) is 9.53. The highest BCUT2D eigenvalue weighted by Crippen LogP contribution is 2.31. The molecule has 0 radical (unpaired) electrons. The summed E-state index contributed by atoms with van der Waals surface area (Å²) in [5.41, 5.74) is 5.03. The minimum Gasteiger partial charge on any atom is -0.369 e. The monoisotopic (exact) mass is 511 g/mol. The second kappa shape index (κ2) is 10.8. The number of hydrogen-bond donors (Lipinski definition) is 1. The molecule has 2 heterocycles. The Morgan fingerprint density at radius 1 is 1.06 bits per heavy atom. The predicted molar refractivity (Wildman–Crippen MR) is 121 cm³/mol. The van der Waals surface area contributed by atoms with Crippen molar-refractivity contribution in [1.82, 2.24) is 25.1 Å². The van der Waals surface area contributed by atoms with Gasteiger partial charge in [-0.1, -0.05) is 17.2 Å². The highest BCUT2D eigenvalue weighted by Gasteiger charge is 2.39. The van der Waals surface area contributed by atoms with Crippen LogP contribution in [0, 0.1) is 17.7 Å². The SMILES string of the molecule is NC(=O)C1CCC(Cn2nnnc2N2CCC(N(CC(F)(F)F)C(=O)c3ccccc3F)CC2)CC1. The van der Waals surface area contributed by atoms with Gasteiger partial charge in [0, 0.05) is 31.6 Å². The standard InChI is InChI=1S/C23H29F4N7O2/c24-19-4-2-1-3-18(19)21(36)33(14-23(25,26)27)17-9-11-32(12-10-17)22-29-30-31-34(22)13-15-5-7-16(8-6-15)20(28)35/h1-4,15-17H,5-14H2,(H2,28,35). The summed E-state index contributed by atoms with van der Waals surface area (Å²) in [6.45, 7) is -0.188. The fraction of sp³-hybridized carbons (Fsp3) is 0.609. The average molecular weight is 512 g/mol. The minimum absolute atomic E-state index is 0.0969. The van der Waals surface area contributed by atoms with E-state index in [9.17, 15) is 27.2 Å². The molecule has 0 spiro atoms. The van der Waals surface area contributed by atoms with E-state index in [0.717, 1.165) is 36.6 Å². The number of hydrogen-bond acceptors (Lipinski definition) is 6. The first-order valence-corrected chi connectivity index (χ1v) is 12.0. The van der Waals surface area contributed by atoms with Crippen LogP contribution in [0.15, 0.2) is 24.3 Å². The molecule has 4 rings (SSSR count). The van der Waals surface area contributed by atoms with Gasteiger partial charge in [-0.05, 0) is 67.0 Å². The van der Waals surface area contributed by atoms with E-state index in [4.69, 9.17) is 5.73 Å². The number of aromatic nitrogens is 4. The number of alkyl halides is 3. The largest absolute Gasteiger partial charge is 0.406 e. The number of amides is 2. The molecule has 2 amide bonds. The molecule has 0 unspecified atom stereocenters. The smallest absolute Gasteiger partial charge is 0.369 e. The van der Waals surface area contributed by atoms with E-state index >= 15 is 0 Å². The molecule has 196 valence electrons. The van der Waals surface area contributed by atoms with Gasteiger partial charge in [0.05, 0.1) is 5.56 Å². The van der Waals surface area contributed by atoms with Crippen LogP contribution in [-0.4, -0.2) is 68.8 Å². The van der Waals surface area contributed by atoms with Crippen LogP contribution >= 0.6 is 0 Å². The van der Waals surface area contributed by atoms with Gasteiger partial charge >= 0.3 is 6.18 Å². The third kappa shape index (κ3) is 6.11. The quantitative estimate of drug-likeness (QED) is 0.573. The topological polar surface area (TPSA) is 110 Å². The summed E-state index contributed by atoms with van der Waals surface area (Å²) < 4.78 is 55.8. The molecule has 0 atom stereocenters. The number of carbonyl (C=O) groups excluding carboxylic acids is 2. The molecule has 2 aromatic rings. The van der Waals surface area contributed by atoms with Gasteiger partial charge in [0.25, 0.3) is 5.91 Å². The van der Waals surface area contributed by atoms with Crippen LogP contribution < -0.4 is 10.6 Å². The third-order valence-corrected chi connectivity index (χ3v) is 7.10. The third-order valence-electron chi connectivity index (χ3n) is 7.10. The fourth-order valence-electron chi connectivity index (χ4n) is 5.15. The van der Waals surface area contributed by atoms with Gasteiger partial charge in [0.1, 0.15) is 12.4 Å². The first-order valence-electron chi connectivity index (χ1n) is 12.0. The van der Waals surface area contributed by atoms with E-state index < -0.39 is 30.5 Å². The number of tetrazole rings is 1. The van der Waals surface area contributed by atoms with E-state index in [1.165, 1.54) is 18.2 Å². The van der Waals surface area contributed by atoms with Crippen molar-refractivity contribution >= 4 is 17.8 Å². The summed E-state index contributed by atoms with van der Waals surface area (Å²) in [6, 6.07) is 4.35. The van der Waals surface area contributed by atoms with Crippen molar-refractivity contribution < 1.29 is 27.2 Å². The summed E-state index contributed by atoms with van der Waals surface area (Å²) in [7, 11) is 0. The summed E-state index contributed by atoms with van der Waals surface area (Å²) in [6.07, 6.45) is -0.976. The average Bonchev–Trinajstić information content (AvgIpc) is 3.30. The van der Waals surface area contributed by atoms with Crippen LogP contribution in [-0.2, 0) is 11.3 Å². The second-order valence-electron chi connectivity index (χ2n) is 9.53. The lowest BCUT2D eigenvalue weighted by molar-refractivity contribution is -0.145. The molecule has 2 aliphatic rings. The highest BCUT2D eigenvalue weighted by molar-refractivity contribution is 5.94. The van der Waals surface area contributed by atoms with Crippen molar-refractivity contribution in [3.8, 4) is 0 Å². The first-order chi connectivity index (χ1) is 17.1. The van der Waals surface area contributed by atoms with Gasteiger partial charge in [-0.25, -0.2) is 9.07 Å². The molecule has 1 aliphatic carbocycles. The van der Waals surface area contributed by atoms with Gasteiger partial charge in [-0.2, -0.15) is 13.2 Å². The number of carbonyl (C=O) groups is 2. The van der Waals surface area contributed by atoms with Gasteiger partial charge in [0.2, 0.25) is 11.9 Å². The van der Waals surface area contributed by atoms with Crippen LogP contribution in [0.4, 0.5) is 23.5 Å². The molecular formula is C23H29F4N7O2. The van der Waals surface area contributed by atoms with Gasteiger partial charge in [0.15, 0.2) is 0 Å². The molecule has 1 saturated heterocycles. The zero-order valence-electron chi connectivity index (χ0n) is 19.7. The molecule has 13 heteroatoms. The summed E-state index contributed by atoms with van der Waals surface area (Å²) in [4.78, 5) is 26.9. The van der Waals surface area contributed by atoms with E-state index in [0.29, 0.717) is 31.5 Å². The van der Waals surface area contributed by atoms with Gasteiger partial charge in [-0.15, -0.1) is 0 Å². The number of halogens is 4. The van der Waals surface area contributed by atoms with Crippen LogP contribution in [0.3, 0.4) is 0 Å². The summed E-state index contributed by atoms with van der Waals surface area (Å²) >= 11 is 0. The lowest BCUT2D eigenvalue weighted by Crippen LogP contribution is -2.51. The molecule has 2 fully saturated rings. The molecule has 1 aliphatic heterocycles. The number of rotatable bonds is 7. The zero-order valence-corrected chi connectivity index (χ0v) is 19.7. The van der Waals surface area contributed by atoms with Crippen LogP contribution in [0.1, 0.15) is 48.9 Å². The maximum atomic E-state index is 14.2. The van der Waals surface area contributed by atoms with Gasteiger partial charge < -0.3 is 15.5 Å². The zero-order chi connectivity index (χ0) is 25.9. The molecule has 36 heavy (non-hydrogen) atoms. The molecule has 1 aromatic heterocycles. The molecule has 1 aromatic carbocycles. The lowest BCUT2D eigenvalue weighted by atomic mass is 9.82. The van der Waals surface area contributed by atoms with Crippen molar-refractivity contribution in [2.75, 3.05) is 24.5 Å². The van der Waals surface area contributed by atoms with E-state index in [-0.39, 0.29) is 30.2 Å². The van der Waals surface area contributed by atoms with Crippen molar-refractivity contribution in [1.29, 1.82) is 0 Å². The van der Waals surface area contributed by atoms with Gasteiger partial charge in [-0.3, -0.25) is 9.59 Å². The lowest BCUT2D eigenvalue weighted by Gasteiger charge is -2.39. The van der Waals surface area contributed by atoms with Crippen LogP contribution in [0.5, 0.6) is 0 Å². The summed E-state index contributed by atoms with van der Waals surface area (Å²) in [5.74, 6) is -1.38. The summed E-state index contributed by atoms with van der Waals surface area (Å²) in [5, 5.41) is 12.0. The Morgan fingerprint density at radius 2 is 1.72 bits per heavy atom. The molecule has 1 saturated carbocycles. The van der Waals surface area contributed by atoms with E-state index in [1.54, 1.807) is 4.68 Å². The van der Waals surface area contributed by atoms with E-state index in [1.807, 2.05) is 4.90 Å². The van der Waals surface area contributed by atoms with E-state index in [2.05, 4.69) is 15.5 Å². The first kappa shape index (κ1) is 25.8. The van der Waals surface area contributed by atoms with Crippen molar-refractivity contribution in [3.05, 3.63) is 35.6 Å². The Balaban J connectivity index is 1.40. The molecule has 9 nitrogen and oxygen atoms in total. The predicted octanol–water partition coefficient (Wildman–Crippen LogP) is 2.78. The number of nitrogens with two attached hydrogens (primary N) is 1. The maximum Gasteiger partial charge on any atom is 0.406 e. The normalized spacial score (nSPS) is 21.4.